The third kappa shape index (κ3) is 3.97. The smallest absolute Gasteiger partial charge is 0.410 e. The monoisotopic (exact) mass is 290 g/mol. The van der Waals surface area contributed by atoms with Crippen LogP contribution in [0.2, 0.25) is 0 Å². The van der Waals surface area contributed by atoms with Gasteiger partial charge >= 0.3 is 6.09 Å². The van der Waals surface area contributed by atoms with Crippen LogP contribution in [0.4, 0.5) is 4.79 Å². The van der Waals surface area contributed by atoms with Crippen LogP contribution in [0, 0.1) is 6.92 Å². The normalized spacial score (nSPS) is 15.0. The van der Waals surface area contributed by atoms with E-state index < -0.39 is 5.54 Å². The van der Waals surface area contributed by atoms with Crippen LogP contribution in [-0.4, -0.2) is 42.1 Å². The molecule has 2 rings (SSSR count). The SMILES string of the molecule is Cc1ccc(CC(=O)NCC(C)(C)N2CCOC2=O)cc1. The molecule has 21 heavy (non-hydrogen) atoms. The lowest BCUT2D eigenvalue weighted by molar-refractivity contribution is -0.120. The summed E-state index contributed by atoms with van der Waals surface area (Å²) in [4.78, 5) is 25.2. The molecule has 1 aromatic carbocycles. The number of carbonyl (C=O) groups is 2. The van der Waals surface area contributed by atoms with Crippen molar-refractivity contribution in [2.75, 3.05) is 19.7 Å². The zero-order valence-electron chi connectivity index (χ0n) is 12.8. The molecule has 2 amide bonds. The molecular weight excluding hydrogens is 268 g/mol. The van der Waals surface area contributed by atoms with Crippen LogP contribution in [0.5, 0.6) is 0 Å². The Labute approximate surface area is 125 Å². The van der Waals surface area contributed by atoms with Gasteiger partial charge in [0.2, 0.25) is 5.91 Å². The molecule has 0 aliphatic carbocycles. The Morgan fingerprint density at radius 3 is 2.57 bits per heavy atom. The van der Waals surface area contributed by atoms with Crippen molar-refractivity contribution in [1.82, 2.24) is 10.2 Å². The Balaban J connectivity index is 1.85. The van der Waals surface area contributed by atoms with Crippen LogP contribution in [0.15, 0.2) is 24.3 Å². The number of ether oxygens (including phenoxy) is 1. The lowest BCUT2D eigenvalue weighted by Crippen LogP contribution is -2.52. The van der Waals surface area contributed by atoms with Gasteiger partial charge < -0.3 is 10.1 Å². The number of carbonyl (C=O) groups excluding carboxylic acids is 2. The van der Waals surface area contributed by atoms with Gasteiger partial charge in [-0.15, -0.1) is 0 Å². The summed E-state index contributed by atoms with van der Waals surface area (Å²) in [7, 11) is 0. The average molecular weight is 290 g/mol. The van der Waals surface area contributed by atoms with E-state index in [9.17, 15) is 9.59 Å². The molecule has 1 aliphatic rings. The number of amides is 2. The van der Waals surface area contributed by atoms with Crippen LogP contribution < -0.4 is 5.32 Å². The third-order valence-corrected chi connectivity index (χ3v) is 3.69. The zero-order valence-corrected chi connectivity index (χ0v) is 12.8. The Morgan fingerprint density at radius 1 is 1.33 bits per heavy atom. The largest absolute Gasteiger partial charge is 0.448 e. The average Bonchev–Trinajstić information content (AvgIpc) is 2.86. The molecule has 1 aromatic rings. The summed E-state index contributed by atoms with van der Waals surface area (Å²) in [6.07, 6.45) is 0.0358. The molecular formula is C16H22N2O3. The summed E-state index contributed by atoms with van der Waals surface area (Å²) >= 11 is 0. The van der Waals surface area contributed by atoms with Gasteiger partial charge in [0.15, 0.2) is 0 Å². The second kappa shape index (κ2) is 6.16. The van der Waals surface area contributed by atoms with E-state index in [0.717, 1.165) is 5.56 Å². The van der Waals surface area contributed by atoms with E-state index in [1.165, 1.54) is 5.56 Å². The van der Waals surface area contributed by atoms with Crippen molar-refractivity contribution >= 4 is 12.0 Å². The van der Waals surface area contributed by atoms with Crippen molar-refractivity contribution in [2.24, 2.45) is 0 Å². The summed E-state index contributed by atoms with van der Waals surface area (Å²) in [5, 5.41) is 2.90. The van der Waals surface area contributed by atoms with E-state index in [4.69, 9.17) is 4.74 Å². The number of hydrogen-bond acceptors (Lipinski definition) is 3. The fourth-order valence-electron chi connectivity index (χ4n) is 2.31. The summed E-state index contributed by atoms with van der Waals surface area (Å²) < 4.78 is 4.94. The first kappa shape index (κ1) is 15.4. The van der Waals surface area contributed by atoms with Crippen molar-refractivity contribution in [2.45, 2.75) is 32.7 Å². The van der Waals surface area contributed by atoms with Crippen LogP contribution in [0.1, 0.15) is 25.0 Å². The molecule has 0 unspecified atom stereocenters. The van der Waals surface area contributed by atoms with Crippen LogP contribution in [0.3, 0.4) is 0 Å². The molecule has 1 fully saturated rings. The van der Waals surface area contributed by atoms with Crippen molar-refractivity contribution in [1.29, 1.82) is 0 Å². The van der Waals surface area contributed by atoms with E-state index in [1.807, 2.05) is 45.0 Å². The number of hydrogen-bond donors (Lipinski definition) is 1. The van der Waals surface area contributed by atoms with Gasteiger partial charge in [0.05, 0.1) is 18.5 Å². The molecule has 1 saturated heterocycles. The summed E-state index contributed by atoms with van der Waals surface area (Å²) in [6, 6.07) is 7.90. The molecule has 1 heterocycles. The van der Waals surface area contributed by atoms with Crippen LogP contribution >= 0.6 is 0 Å². The highest BCUT2D eigenvalue weighted by atomic mass is 16.6. The third-order valence-electron chi connectivity index (χ3n) is 3.69. The van der Waals surface area contributed by atoms with Crippen molar-refractivity contribution in [3.05, 3.63) is 35.4 Å². The molecule has 1 N–H and O–H groups in total. The molecule has 0 radical (unpaired) electrons. The maximum atomic E-state index is 12.0. The number of rotatable bonds is 5. The lowest BCUT2D eigenvalue weighted by atomic mass is 10.0. The molecule has 0 atom stereocenters. The summed E-state index contributed by atoms with van der Waals surface area (Å²) in [6.45, 7) is 7.25. The van der Waals surface area contributed by atoms with E-state index in [-0.39, 0.29) is 12.0 Å². The van der Waals surface area contributed by atoms with E-state index >= 15 is 0 Å². The first-order valence-electron chi connectivity index (χ1n) is 7.15. The Hall–Kier alpha value is -2.04. The minimum absolute atomic E-state index is 0.0421. The number of aryl methyl sites for hydroxylation is 1. The second-order valence-electron chi connectivity index (χ2n) is 6.02. The van der Waals surface area contributed by atoms with Gasteiger partial charge in [-0.1, -0.05) is 29.8 Å². The van der Waals surface area contributed by atoms with Crippen molar-refractivity contribution in [3.8, 4) is 0 Å². The molecule has 0 aromatic heterocycles. The van der Waals surface area contributed by atoms with E-state index in [1.54, 1.807) is 4.90 Å². The first-order chi connectivity index (χ1) is 9.88. The molecule has 5 heteroatoms. The van der Waals surface area contributed by atoms with Gasteiger partial charge in [-0.3, -0.25) is 9.69 Å². The summed E-state index contributed by atoms with van der Waals surface area (Å²) in [5.41, 5.74) is 1.71. The number of benzene rings is 1. The molecule has 0 bridgehead atoms. The maximum absolute atomic E-state index is 12.0. The summed E-state index contributed by atoms with van der Waals surface area (Å²) in [5.74, 6) is -0.0421. The zero-order chi connectivity index (χ0) is 15.5. The van der Waals surface area contributed by atoms with Gasteiger partial charge in [0, 0.05) is 6.54 Å². The van der Waals surface area contributed by atoms with E-state index in [0.29, 0.717) is 26.1 Å². The van der Waals surface area contributed by atoms with Gasteiger partial charge in [-0.2, -0.15) is 0 Å². The van der Waals surface area contributed by atoms with Gasteiger partial charge in [0.25, 0.3) is 0 Å². The predicted molar refractivity (Wildman–Crippen MR) is 80.0 cm³/mol. The van der Waals surface area contributed by atoms with Gasteiger partial charge in [-0.05, 0) is 26.3 Å². The van der Waals surface area contributed by atoms with E-state index in [2.05, 4.69) is 5.32 Å². The lowest BCUT2D eigenvalue weighted by Gasteiger charge is -2.33. The quantitative estimate of drug-likeness (QED) is 0.901. The molecule has 1 aliphatic heterocycles. The molecule has 0 spiro atoms. The van der Waals surface area contributed by atoms with Crippen molar-refractivity contribution < 1.29 is 14.3 Å². The predicted octanol–water partition coefficient (Wildman–Crippen LogP) is 1.88. The molecule has 5 nitrogen and oxygen atoms in total. The van der Waals surface area contributed by atoms with Crippen LogP contribution in [-0.2, 0) is 16.0 Å². The van der Waals surface area contributed by atoms with Crippen molar-refractivity contribution in [3.63, 3.8) is 0 Å². The Bertz CT molecular complexity index is 523. The number of nitrogens with zero attached hydrogens (tertiary/aromatic N) is 1. The fraction of sp³-hybridized carbons (Fsp3) is 0.500. The second-order valence-corrected chi connectivity index (χ2v) is 6.02. The molecule has 114 valence electrons. The topological polar surface area (TPSA) is 58.6 Å². The first-order valence-corrected chi connectivity index (χ1v) is 7.15. The molecule has 0 saturated carbocycles. The Kier molecular flexibility index (Phi) is 4.50. The minimum atomic E-state index is -0.448. The minimum Gasteiger partial charge on any atom is -0.448 e. The standard InChI is InChI=1S/C16H22N2O3/c1-12-4-6-13(7-5-12)10-14(19)17-11-16(2,3)18-8-9-21-15(18)20/h4-7H,8-11H2,1-3H3,(H,17,19). The highest BCUT2D eigenvalue weighted by Crippen LogP contribution is 2.18. The Morgan fingerprint density at radius 2 is 2.00 bits per heavy atom. The highest BCUT2D eigenvalue weighted by molar-refractivity contribution is 5.78. The van der Waals surface area contributed by atoms with Crippen LogP contribution in [0.25, 0.3) is 0 Å². The van der Waals surface area contributed by atoms with Gasteiger partial charge in [0.1, 0.15) is 6.61 Å². The maximum Gasteiger partial charge on any atom is 0.410 e. The van der Waals surface area contributed by atoms with Gasteiger partial charge in [-0.25, -0.2) is 4.79 Å². The highest BCUT2D eigenvalue weighted by Gasteiger charge is 2.35. The number of nitrogens with one attached hydrogen (secondary N) is 1. The fourth-order valence-corrected chi connectivity index (χ4v) is 2.31. The number of cyclic esters (lactones) is 1.